The topological polar surface area (TPSA) is 0 Å². The lowest BCUT2D eigenvalue weighted by Gasteiger charge is -2.41. The smallest absolute Gasteiger partial charge is 0.0241 e. The molecule has 0 aromatic rings. The highest BCUT2D eigenvalue weighted by molar-refractivity contribution is 4.99. The predicted molar refractivity (Wildman–Crippen MR) is 66.9 cm³/mol. The summed E-state index contributed by atoms with van der Waals surface area (Å²) in [6.45, 7) is 7.38. The maximum Gasteiger partial charge on any atom is -0.0241 e. The standard InChI is InChI=1S/C15H28/c1-4-14-12(3)10-11-15(14,5-2)13-8-6-7-9-13/h12-14H,4-11H2,1-3H3/t12?,14?,15-/m1/s1. The van der Waals surface area contributed by atoms with Crippen LogP contribution < -0.4 is 0 Å². The molecule has 0 radical (unpaired) electrons. The van der Waals surface area contributed by atoms with Crippen LogP contribution in [0.25, 0.3) is 0 Å². The molecule has 0 heteroatoms. The number of rotatable bonds is 3. The Kier molecular flexibility index (Phi) is 3.42. The fraction of sp³-hybridized carbons (Fsp3) is 1.00. The Balaban J connectivity index is 2.19. The highest BCUT2D eigenvalue weighted by Gasteiger charge is 2.49. The van der Waals surface area contributed by atoms with E-state index in [4.69, 9.17) is 0 Å². The Morgan fingerprint density at radius 3 is 2.27 bits per heavy atom. The van der Waals surface area contributed by atoms with Crippen LogP contribution in [0.3, 0.4) is 0 Å². The summed E-state index contributed by atoms with van der Waals surface area (Å²) in [6, 6.07) is 0. The third kappa shape index (κ3) is 1.74. The van der Waals surface area contributed by atoms with Crippen molar-refractivity contribution in [1.82, 2.24) is 0 Å². The quantitative estimate of drug-likeness (QED) is 0.610. The van der Waals surface area contributed by atoms with Gasteiger partial charge in [-0.25, -0.2) is 0 Å². The summed E-state index contributed by atoms with van der Waals surface area (Å²) >= 11 is 0. The minimum Gasteiger partial charge on any atom is -0.0651 e. The molecule has 0 aromatic heterocycles. The fourth-order valence-electron chi connectivity index (χ4n) is 4.99. The molecule has 2 saturated carbocycles. The summed E-state index contributed by atoms with van der Waals surface area (Å²) in [5.74, 6) is 3.11. The summed E-state index contributed by atoms with van der Waals surface area (Å²) in [5.41, 5.74) is 0.755. The number of hydrogen-bond donors (Lipinski definition) is 0. The fourth-order valence-corrected chi connectivity index (χ4v) is 4.99. The van der Waals surface area contributed by atoms with Crippen molar-refractivity contribution >= 4 is 0 Å². The second kappa shape index (κ2) is 4.47. The first-order valence-corrected chi connectivity index (χ1v) is 7.24. The van der Waals surface area contributed by atoms with Gasteiger partial charge in [0.15, 0.2) is 0 Å². The molecule has 15 heavy (non-hydrogen) atoms. The summed E-state index contributed by atoms with van der Waals surface area (Å²) < 4.78 is 0. The van der Waals surface area contributed by atoms with Crippen molar-refractivity contribution in [2.45, 2.75) is 72.1 Å². The monoisotopic (exact) mass is 208 g/mol. The Bertz CT molecular complexity index is 202. The molecule has 0 heterocycles. The van der Waals surface area contributed by atoms with Crippen LogP contribution in [0, 0.1) is 23.2 Å². The zero-order valence-electron chi connectivity index (χ0n) is 10.9. The van der Waals surface area contributed by atoms with Gasteiger partial charge in [-0.2, -0.15) is 0 Å². The van der Waals surface area contributed by atoms with Gasteiger partial charge in [-0.3, -0.25) is 0 Å². The van der Waals surface area contributed by atoms with E-state index in [1.165, 1.54) is 51.4 Å². The average molecular weight is 208 g/mol. The van der Waals surface area contributed by atoms with Crippen molar-refractivity contribution in [3.05, 3.63) is 0 Å². The van der Waals surface area contributed by atoms with Crippen LogP contribution in [0.1, 0.15) is 72.1 Å². The van der Waals surface area contributed by atoms with Gasteiger partial charge in [-0.1, -0.05) is 40.0 Å². The maximum absolute atomic E-state index is 2.50. The maximum atomic E-state index is 2.50. The molecule has 2 aliphatic rings. The number of hydrogen-bond acceptors (Lipinski definition) is 0. The van der Waals surface area contributed by atoms with E-state index in [0.29, 0.717) is 0 Å². The van der Waals surface area contributed by atoms with Crippen LogP contribution in [0.15, 0.2) is 0 Å². The van der Waals surface area contributed by atoms with Gasteiger partial charge in [0.05, 0.1) is 0 Å². The Labute approximate surface area is 95.8 Å². The van der Waals surface area contributed by atoms with E-state index in [2.05, 4.69) is 20.8 Å². The van der Waals surface area contributed by atoms with E-state index < -0.39 is 0 Å². The van der Waals surface area contributed by atoms with Crippen LogP contribution in [-0.2, 0) is 0 Å². The second-order valence-electron chi connectivity index (χ2n) is 6.10. The van der Waals surface area contributed by atoms with Crippen LogP contribution in [-0.4, -0.2) is 0 Å². The molecular formula is C15H28. The SMILES string of the molecule is CCC1C(C)CC[C@]1(CC)C1CCCC1. The molecule has 0 N–H and O–H groups in total. The summed E-state index contributed by atoms with van der Waals surface area (Å²) in [5, 5.41) is 0. The molecule has 0 spiro atoms. The molecule has 2 unspecified atom stereocenters. The summed E-state index contributed by atoms with van der Waals surface area (Å²) in [6.07, 6.45) is 12.0. The van der Waals surface area contributed by atoms with E-state index in [0.717, 1.165) is 23.2 Å². The first-order valence-electron chi connectivity index (χ1n) is 7.24. The van der Waals surface area contributed by atoms with Crippen molar-refractivity contribution in [2.24, 2.45) is 23.2 Å². The predicted octanol–water partition coefficient (Wildman–Crippen LogP) is 5.03. The van der Waals surface area contributed by atoms with Crippen molar-refractivity contribution < 1.29 is 0 Å². The summed E-state index contributed by atoms with van der Waals surface area (Å²) in [7, 11) is 0. The van der Waals surface area contributed by atoms with Gasteiger partial charge in [0.25, 0.3) is 0 Å². The van der Waals surface area contributed by atoms with E-state index >= 15 is 0 Å². The molecule has 0 nitrogen and oxygen atoms in total. The zero-order chi connectivity index (χ0) is 10.9. The largest absolute Gasteiger partial charge is 0.0651 e. The normalized spacial score (nSPS) is 42.6. The van der Waals surface area contributed by atoms with E-state index in [1.807, 2.05) is 0 Å². The molecule has 0 aliphatic heterocycles. The Morgan fingerprint density at radius 1 is 1.07 bits per heavy atom. The van der Waals surface area contributed by atoms with Gasteiger partial charge in [0.1, 0.15) is 0 Å². The molecule has 0 bridgehead atoms. The second-order valence-corrected chi connectivity index (χ2v) is 6.10. The van der Waals surface area contributed by atoms with Gasteiger partial charge in [0.2, 0.25) is 0 Å². The Morgan fingerprint density at radius 2 is 1.73 bits per heavy atom. The highest BCUT2D eigenvalue weighted by Crippen LogP contribution is 2.58. The summed E-state index contributed by atoms with van der Waals surface area (Å²) in [4.78, 5) is 0. The first kappa shape index (κ1) is 11.5. The van der Waals surface area contributed by atoms with Gasteiger partial charge in [0, 0.05) is 0 Å². The average Bonchev–Trinajstić information content (AvgIpc) is 2.85. The van der Waals surface area contributed by atoms with Crippen molar-refractivity contribution in [3.8, 4) is 0 Å². The van der Waals surface area contributed by atoms with Crippen molar-refractivity contribution in [3.63, 3.8) is 0 Å². The molecule has 88 valence electrons. The van der Waals surface area contributed by atoms with Gasteiger partial charge >= 0.3 is 0 Å². The van der Waals surface area contributed by atoms with E-state index in [-0.39, 0.29) is 0 Å². The molecule has 0 amide bonds. The van der Waals surface area contributed by atoms with E-state index in [1.54, 1.807) is 0 Å². The highest BCUT2D eigenvalue weighted by atomic mass is 14.5. The molecule has 3 atom stereocenters. The van der Waals surface area contributed by atoms with E-state index in [9.17, 15) is 0 Å². The van der Waals surface area contributed by atoms with Crippen LogP contribution in [0.5, 0.6) is 0 Å². The van der Waals surface area contributed by atoms with Crippen LogP contribution in [0.2, 0.25) is 0 Å². The Hall–Kier alpha value is 0. The lowest BCUT2D eigenvalue weighted by atomic mass is 9.64. The molecular weight excluding hydrogens is 180 g/mol. The van der Waals surface area contributed by atoms with Crippen molar-refractivity contribution in [1.29, 1.82) is 0 Å². The molecule has 2 rings (SSSR count). The third-order valence-corrected chi connectivity index (χ3v) is 5.76. The molecule has 2 aliphatic carbocycles. The van der Waals surface area contributed by atoms with Gasteiger partial charge < -0.3 is 0 Å². The molecule has 0 saturated heterocycles. The van der Waals surface area contributed by atoms with Gasteiger partial charge in [-0.05, 0) is 55.3 Å². The molecule has 2 fully saturated rings. The van der Waals surface area contributed by atoms with Crippen molar-refractivity contribution in [2.75, 3.05) is 0 Å². The lowest BCUT2D eigenvalue weighted by molar-refractivity contribution is 0.0778. The minimum atomic E-state index is 0.755. The minimum absolute atomic E-state index is 0.755. The molecule has 0 aromatic carbocycles. The van der Waals surface area contributed by atoms with Crippen LogP contribution in [0.4, 0.5) is 0 Å². The van der Waals surface area contributed by atoms with Gasteiger partial charge in [-0.15, -0.1) is 0 Å². The van der Waals surface area contributed by atoms with Crippen LogP contribution >= 0.6 is 0 Å². The first-order chi connectivity index (χ1) is 7.24. The third-order valence-electron chi connectivity index (χ3n) is 5.76. The lowest BCUT2D eigenvalue weighted by Crippen LogP contribution is -2.33. The zero-order valence-corrected chi connectivity index (χ0v) is 10.9.